The first-order chi connectivity index (χ1) is 11.6. The number of rotatable bonds is 2. The number of hydrogen-bond donors (Lipinski definition) is 1. The Labute approximate surface area is 136 Å². The third-order valence-corrected chi connectivity index (χ3v) is 4.14. The summed E-state index contributed by atoms with van der Waals surface area (Å²) >= 11 is 0. The van der Waals surface area contributed by atoms with Crippen LogP contribution in [0, 0.1) is 11.6 Å². The Morgan fingerprint density at radius 2 is 1.96 bits per heavy atom. The number of carbonyl (C=O) groups excluding carboxylic acids is 1. The van der Waals surface area contributed by atoms with Gasteiger partial charge in [-0.1, -0.05) is 24.3 Å². The number of hydrogen-bond acceptors (Lipinski definition) is 2. The molecule has 4 nitrogen and oxygen atoms in total. The van der Waals surface area contributed by atoms with Gasteiger partial charge in [0.1, 0.15) is 23.8 Å². The Morgan fingerprint density at radius 1 is 1.12 bits per heavy atom. The minimum Gasteiger partial charge on any atom is -0.310 e. The molecule has 2 heterocycles. The van der Waals surface area contributed by atoms with E-state index in [0.29, 0.717) is 22.8 Å². The normalized spacial score (nSPS) is 16.6. The molecular formula is C18H13F2N3O. The molecule has 0 spiro atoms. The Kier molecular flexibility index (Phi) is 3.37. The van der Waals surface area contributed by atoms with E-state index < -0.39 is 5.92 Å². The highest BCUT2D eigenvalue weighted by molar-refractivity contribution is 5.94. The number of anilines is 1. The molecule has 120 valence electrons. The molecule has 1 amide bonds. The summed E-state index contributed by atoms with van der Waals surface area (Å²) in [5, 5.41) is 2.76. The summed E-state index contributed by atoms with van der Waals surface area (Å²) in [6.07, 6.45) is 1.63. The van der Waals surface area contributed by atoms with Gasteiger partial charge in [0.2, 0.25) is 5.91 Å². The van der Waals surface area contributed by atoms with Gasteiger partial charge in [-0.3, -0.25) is 9.36 Å². The van der Waals surface area contributed by atoms with Crippen molar-refractivity contribution >= 4 is 11.7 Å². The van der Waals surface area contributed by atoms with Crippen molar-refractivity contribution in [3.05, 3.63) is 77.8 Å². The molecule has 0 saturated heterocycles. The van der Waals surface area contributed by atoms with Gasteiger partial charge in [0.15, 0.2) is 0 Å². The highest BCUT2D eigenvalue weighted by Gasteiger charge is 2.32. The van der Waals surface area contributed by atoms with Gasteiger partial charge in [0, 0.05) is 12.3 Å². The van der Waals surface area contributed by atoms with Crippen LogP contribution in [-0.4, -0.2) is 15.5 Å². The molecule has 0 aliphatic carbocycles. The molecule has 0 radical (unpaired) electrons. The molecule has 0 bridgehead atoms. The van der Waals surface area contributed by atoms with Crippen LogP contribution < -0.4 is 5.32 Å². The maximum Gasteiger partial charge on any atom is 0.226 e. The fraction of sp³-hybridized carbons (Fsp3) is 0.111. The fourth-order valence-corrected chi connectivity index (χ4v) is 3.04. The average Bonchev–Trinajstić information content (AvgIpc) is 2.98. The molecule has 3 aromatic rings. The van der Waals surface area contributed by atoms with E-state index in [2.05, 4.69) is 10.3 Å². The minimum absolute atomic E-state index is 0.119. The summed E-state index contributed by atoms with van der Waals surface area (Å²) in [5.74, 6) is -1.00. The lowest BCUT2D eigenvalue weighted by molar-refractivity contribution is -0.116. The van der Waals surface area contributed by atoms with Crippen LogP contribution >= 0.6 is 0 Å². The van der Waals surface area contributed by atoms with Crippen molar-refractivity contribution in [2.45, 2.75) is 12.3 Å². The molecule has 6 heteroatoms. The smallest absolute Gasteiger partial charge is 0.226 e. The van der Waals surface area contributed by atoms with Crippen molar-refractivity contribution < 1.29 is 13.6 Å². The van der Waals surface area contributed by atoms with Gasteiger partial charge < -0.3 is 5.32 Å². The van der Waals surface area contributed by atoms with Crippen LogP contribution in [0.2, 0.25) is 0 Å². The highest BCUT2D eigenvalue weighted by Crippen LogP contribution is 2.38. The number of carbonyl (C=O) groups is 1. The zero-order valence-electron chi connectivity index (χ0n) is 12.5. The molecule has 0 saturated carbocycles. The number of aromatic nitrogens is 2. The molecule has 4 rings (SSSR count). The van der Waals surface area contributed by atoms with E-state index in [4.69, 9.17) is 0 Å². The Balaban J connectivity index is 1.85. The van der Waals surface area contributed by atoms with E-state index in [1.54, 1.807) is 34.9 Å². The van der Waals surface area contributed by atoms with Crippen LogP contribution in [0.15, 0.2) is 54.9 Å². The first-order valence-electron chi connectivity index (χ1n) is 7.51. The summed E-state index contributed by atoms with van der Waals surface area (Å²) in [5.41, 5.74) is 1.54. The van der Waals surface area contributed by atoms with Crippen molar-refractivity contribution in [2.24, 2.45) is 0 Å². The maximum absolute atomic E-state index is 14.2. The number of fused-ring (bicyclic) bond motifs is 1. The van der Waals surface area contributed by atoms with Crippen molar-refractivity contribution in [1.82, 2.24) is 9.55 Å². The number of amides is 1. The predicted molar refractivity (Wildman–Crippen MR) is 85.0 cm³/mol. The quantitative estimate of drug-likeness (QED) is 0.782. The number of halogens is 2. The molecule has 1 aromatic heterocycles. The molecule has 0 fully saturated rings. The van der Waals surface area contributed by atoms with E-state index >= 15 is 0 Å². The van der Waals surface area contributed by atoms with E-state index in [1.165, 1.54) is 24.5 Å². The van der Waals surface area contributed by atoms with Crippen LogP contribution in [0.3, 0.4) is 0 Å². The third-order valence-electron chi connectivity index (χ3n) is 4.14. The van der Waals surface area contributed by atoms with Gasteiger partial charge >= 0.3 is 0 Å². The van der Waals surface area contributed by atoms with Crippen molar-refractivity contribution in [3.63, 3.8) is 0 Å². The predicted octanol–water partition coefficient (Wildman–Crippen LogP) is 3.62. The van der Waals surface area contributed by atoms with Crippen LogP contribution in [0.1, 0.15) is 23.6 Å². The number of imidazole rings is 1. The standard InChI is InChI=1S/C18H13F2N3O/c19-11-4-3-5-12(8-11)23-10-21-17-14(9-16(24)22-18(17)23)13-6-1-2-7-15(13)20/h1-8,10,14H,9H2,(H,22,24). The van der Waals surface area contributed by atoms with E-state index in [-0.39, 0.29) is 24.0 Å². The van der Waals surface area contributed by atoms with E-state index in [9.17, 15) is 13.6 Å². The summed E-state index contributed by atoms with van der Waals surface area (Å²) in [7, 11) is 0. The molecular weight excluding hydrogens is 312 g/mol. The summed E-state index contributed by atoms with van der Waals surface area (Å²) in [4.78, 5) is 16.5. The zero-order valence-corrected chi connectivity index (χ0v) is 12.5. The van der Waals surface area contributed by atoms with Gasteiger partial charge in [-0.25, -0.2) is 13.8 Å². The number of nitrogens with zero attached hydrogens (tertiary/aromatic N) is 2. The maximum atomic E-state index is 14.2. The SMILES string of the molecule is O=C1CC(c2ccccc2F)c2ncn(-c3cccc(F)c3)c2N1. The number of benzene rings is 2. The molecule has 24 heavy (non-hydrogen) atoms. The molecule has 2 aromatic carbocycles. The van der Waals surface area contributed by atoms with Gasteiger partial charge in [-0.05, 0) is 29.8 Å². The Morgan fingerprint density at radius 3 is 2.75 bits per heavy atom. The minimum atomic E-state index is -0.468. The Hall–Kier alpha value is -3.02. The lowest BCUT2D eigenvalue weighted by atomic mass is 9.89. The van der Waals surface area contributed by atoms with Gasteiger partial charge in [-0.15, -0.1) is 0 Å². The van der Waals surface area contributed by atoms with Crippen LogP contribution in [0.4, 0.5) is 14.6 Å². The summed E-state index contributed by atoms with van der Waals surface area (Å²) in [6, 6.07) is 12.3. The van der Waals surface area contributed by atoms with Crippen molar-refractivity contribution in [1.29, 1.82) is 0 Å². The largest absolute Gasteiger partial charge is 0.310 e. The van der Waals surface area contributed by atoms with Crippen LogP contribution in [0.5, 0.6) is 0 Å². The molecule has 1 atom stereocenters. The van der Waals surface area contributed by atoms with Gasteiger partial charge in [0.25, 0.3) is 0 Å². The highest BCUT2D eigenvalue weighted by atomic mass is 19.1. The summed E-state index contributed by atoms with van der Waals surface area (Å²) < 4.78 is 29.3. The molecule has 1 N–H and O–H groups in total. The first-order valence-corrected chi connectivity index (χ1v) is 7.51. The van der Waals surface area contributed by atoms with Gasteiger partial charge in [0.05, 0.1) is 11.4 Å². The monoisotopic (exact) mass is 325 g/mol. The van der Waals surface area contributed by atoms with Crippen LogP contribution in [0.25, 0.3) is 5.69 Å². The molecule has 1 aliphatic heterocycles. The lowest BCUT2D eigenvalue weighted by Crippen LogP contribution is -2.25. The average molecular weight is 325 g/mol. The zero-order chi connectivity index (χ0) is 16.7. The number of nitrogens with one attached hydrogen (secondary N) is 1. The third kappa shape index (κ3) is 2.36. The van der Waals surface area contributed by atoms with Crippen LogP contribution in [-0.2, 0) is 4.79 Å². The van der Waals surface area contributed by atoms with E-state index in [1.807, 2.05) is 0 Å². The Bertz CT molecular complexity index is 936. The molecule has 1 unspecified atom stereocenters. The van der Waals surface area contributed by atoms with Crippen molar-refractivity contribution in [2.75, 3.05) is 5.32 Å². The summed E-state index contributed by atoms with van der Waals surface area (Å²) in [6.45, 7) is 0. The van der Waals surface area contributed by atoms with Gasteiger partial charge in [-0.2, -0.15) is 0 Å². The first kappa shape index (κ1) is 14.6. The second-order valence-corrected chi connectivity index (χ2v) is 5.65. The second kappa shape index (κ2) is 5.56. The van der Waals surface area contributed by atoms with Crippen molar-refractivity contribution in [3.8, 4) is 5.69 Å². The molecule has 1 aliphatic rings. The lowest BCUT2D eigenvalue weighted by Gasteiger charge is -2.23. The fourth-order valence-electron chi connectivity index (χ4n) is 3.04. The second-order valence-electron chi connectivity index (χ2n) is 5.65. The van der Waals surface area contributed by atoms with E-state index in [0.717, 1.165) is 0 Å². The topological polar surface area (TPSA) is 46.9 Å².